The van der Waals surface area contributed by atoms with Crippen LogP contribution in [0.5, 0.6) is 5.75 Å². The minimum Gasteiger partial charge on any atom is -0.491 e. The average Bonchev–Trinajstić information content (AvgIpc) is 2.69. The molecule has 2 aromatic rings. The number of nitrogens with two attached hydrogens (primary N) is 1. The van der Waals surface area contributed by atoms with E-state index >= 15 is 0 Å². The fourth-order valence-corrected chi connectivity index (χ4v) is 3.33. The summed E-state index contributed by atoms with van der Waals surface area (Å²) in [6.45, 7) is 1.46. The van der Waals surface area contributed by atoms with E-state index in [4.69, 9.17) is 15.2 Å². The van der Waals surface area contributed by atoms with E-state index < -0.39 is 5.54 Å². The smallest absolute Gasteiger partial charge is 0.244 e. The number of carbonyl (C=O) groups is 1. The maximum Gasteiger partial charge on any atom is 0.244 e. The van der Waals surface area contributed by atoms with Gasteiger partial charge >= 0.3 is 0 Å². The zero-order chi connectivity index (χ0) is 19.0. The normalized spacial score (nSPS) is 15.3. The average molecular weight is 405 g/mol. The fraction of sp³-hybridized carbons (Fsp3) is 0.409. The third-order valence-corrected chi connectivity index (χ3v) is 4.89. The van der Waals surface area contributed by atoms with E-state index in [0.29, 0.717) is 19.8 Å². The van der Waals surface area contributed by atoms with Gasteiger partial charge in [-0.05, 0) is 42.7 Å². The van der Waals surface area contributed by atoms with E-state index in [2.05, 4.69) is 5.32 Å². The second kappa shape index (κ2) is 11.1. The van der Waals surface area contributed by atoms with Crippen molar-refractivity contribution in [3.63, 3.8) is 0 Å². The van der Waals surface area contributed by atoms with E-state index in [9.17, 15) is 4.79 Å². The summed E-state index contributed by atoms with van der Waals surface area (Å²) in [5.41, 5.74) is 7.33. The first kappa shape index (κ1) is 22.2. The molecule has 0 spiro atoms. The van der Waals surface area contributed by atoms with Crippen molar-refractivity contribution >= 4 is 24.0 Å². The molecule has 0 saturated heterocycles. The second-order valence-corrected chi connectivity index (χ2v) is 7.09. The summed E-state index contributed by atoms with van der Waals surface area (Å²) >= 11 is 0. The van der Waals surface area contributed by atoms with Gasteiger partial charge in [-0.1, -0.05) is 49.6 Å². The molecule has 5 nitrogen and oxygen atoms in total. The highest BCUT2D eigenvalue weighted by Gasteiger charge is 2.35. The van der Waals surface area contributed by atoms with Crippen molar-refractivity contribution in [2.24, 2.45) is 5.73 Å². The summed E-state index contributed by atoms with van der Waals surface area (Å²) in [6.07, 6.45) is 4.70. The van der Waals surface area contributed by atoms with Crippen LogP contribution in [0.1, 0.15) is 37.7 Å². The lowest BCUT2D eigenvalue weighted by Crippen LogP contribution is -2.52. The molecule has 0 atom stereocenters. The predicted octanol–water partition coefficient (Wildman–Crippen LogP) is 4.30. The van der Waals surface area contributed by atoms with Crippen molar-refractivity contribution in [1.29, 1.82) is 0 Å². The number of para-hydroxylation sites is 1. The Morgan fingerprint density at radius 2 is 1.75 bits per heavy atom. The Hall–Kier alpha value is -2.08. The summed E-state index contributed by atoms with van der Waals surface area (Å²) in [5, 5.41) is 2.97. The van der Waals surface area contributed by atoms with Gasteiger partial charge in [-0.25, -0.2) is 0 Å². The van der Waals surface area contributed by atoms with Crippen molar-refractivity contribution in [2.75, 3.05) is 18.5 Å². The minimum absolute atomic E-state index is 0. The molecule has 1 amide bonds. The molecule has 0 bridgehead atoms. The van der Waals surface area contributed by atoms with Crippen LogP contribution in [-0.4, -0.2) is 24.7 Å². The Morgan fingerprint density at radius 1 is 1.00 bits per heavy atom. The second-order valence-electron chi connectivity index (χ2n) is 7.09. The van der Waals surface area contributed by atoms with Crippen LogP contribution >= 0.6 is 12.4 Å². The molecule has 2 aromatic carbocycles. The molecule has 1 aliphatic carbocycles. The fourth-order valence-electron chi connectivity index (χ4n) is 3.33. The summed E-state index contributed by atoms with van der Waals surface area (Å²) < 4.78 is 11.3. The van der Waals surface area contributed by atoms with Gasteiger partial charge in [0.25, 0.3) is 0 Å². The number of ether oxygens (including phenoxy) is 2. The maximum atomic E-state index is 12.6. The Morgan fingerprint density at radius 3 is 2.50 bits per heavy atom. The molecule has 3 N–H and O–H groups in total. The van der Waals surface area contributed by atoms with Crippen LogP contribution in [0.3, 0.4) is 0 Å². The van der Waals surface area contributed by atoms with Crippen LogP contribution in [0.25, 0.3) is 0 Å². The lowest BCUT2D eigenvalue weighted by Gasteiger charge is -2.31. The van der Waals surface area contributed by atoms with E-state index in [1.54, 1.807) is 0 Å². The molecule has 1 saturated carbocycles. The van der Waals surface area contributed by atoms with Crippen molar-refractivity contribution in [2.45, 2.75) is 44.2 Å². The van der Waals surface area contributed by atoms with Gasteiger partial charge in [0.15, 0.2) is 0 Å². The van der Waals surface area contributed by atoms with Crippen LogP contribution in [0.2, 0.25) is 0 Å². The van der Waals surface area contributed by atoms with Crippen molar-refractivity contribution in [3.8, 4) is 5.75 Å². The molecule has 28 heavy (non-hydrogen) atoms. The highest BCUT2D eigenvalue weighted by molar-refractivity contribution is 5.98. The van der Waals surface area contributed by atoms with Crippen LogP contribution in [0.4, 0.5) is 5.69 Å². The number of benzene rings is 2. The number of hydrogen-bond acceptors (Lipinski definition) is 4. The van der Waals surface area contributed by atoms with E-state index in [-0.39, 0.29) is 18.3 Å². The molecular weight excluding hydrogens is 376 g/mol. The monoisotopic (exact) mass is 404 g/mol. The zero-order valence-electron chi connectivity index (χ0n) is 16.1. The van der Waals surface area contributed by atoms with Crippen LogP contribution in [0.15, 0.2) is 54.6 Å². The van der Waals surface area contributed by atoms with Gasteiger partial charge in [0.05, 0.1) is 18.8 Å². The van der Waals surface area contributed by atoms with Gasteiger partial charge in [0.2, 0.25) is 5.91 Å². The summed E-state index contributed by atoms with van der Waals surface area (Å²) in [7, 11) is 0. The zero-order valence-corrected chi connectivity index (χ0v) is 16.9. The topological polar surface area (TPSA) is 73.6 Å². The third-order valence-electron chi connectivity index (χ3n) is 4.89. The summed E-state index contributed by atoms with van der Waals surface area (Å²) in [5.74, 6) is 0.751. The lowest BCUT2D eigenvalue weighted by atomic mass is 9.82. The number of nitrogens with one attached hydrogen (secondary N) is 1. The Balaban J connectivity index is 0.00000280. The van der Waals surface area contributed by atoms with E-state index in [1.165, 1.54) is 0 Å². The number of rotatable bonds is 8. The van der Waals surface area contributed by atoms with Crippen molar-refractivity contribution < 1.29 is 14.3 Å². The number of carbonyl (C=O) groups excluding carboxylic acids is 1. The first-order valence-electron chi connectivity index (χ1n) is 9.61. The Labute approximate surface area is 173 Å². The molecule has 0 aromatic heterocycles. The summed E-state index contributed by atoms with van der Waals surface area (Å²) in [6, 6.07) is 17.4. The van der Waals surface area contributed by atoms with E-state index in [1.807, 2.05) is 54.6 Å². The quantitative estimate of drug-likeness (QED) is 0.643. The van der Waals surface area contributed by atoms with Crippen LogP contribution in [-0.2, 0) is 16.1 Å². The van der Waals surface area contributed by atoms with Crippen LogP contribution in [0, 0.1) is 0 Å². The van der Waals surface area contributed by atoms with Gasteiger partial charge in [-0.3, -0.25) is 4.79 Å². The number of anilines is 1. The minimum atomic E-state index is -0.737. The third kappa shape index (κ3) is 6.51. The molecular formula is C22H29ClN2O3. The lowest BCUT2D eigenvalue weighted by molar-refractivity contribution is -0.122. The van der Waals surface area contributed by atoms with Gasteiger partial charge in [-0.2, -0.15) is 0 Å². The Bertz CT molecular complexity index is 734. The van der Waals surface area contributed by atoms with Crippen LogP contribution < -0.4 is 15.8 Å². The molecule has 6 heteroatoms. The number of amides is 1. The molecule has 0 heterocycles. The van der Waals surface area contributed by atoms with Gasteiger partial charge in [0.1, 0.15) is 12.4 Å². The van der Waals surface area contributed by atoms with Crippen molar-refractivity contribution in [1.82, 2.24) is 0 Å². The van der Waals surface area contributed by atoms with Crippen molar-refractivity contribution in [3.05, 3.63) is 60.2 Å². The maximum absolute atomic E-state index is 12.6. The molecule has 1 fully saturated rings. The highest BCUT2D eigenvalue weighted by atomic mass is 35.5. The first-order chi connectivity index (χ1) is 13.2. The predicted molar refractivity (Wildman–Crippen MR) is 114 cm³/mol. The largest absolute Gasteiger partial charge is 0.491 e. The molecule has 1 aliphatic rings. The molecule has 0 aliphatic heterocycles. The SMILES string of the molecule is Cl.NC1(C(=O)Nc2cccc(COCCOc3ccccc3)c2)CCCCC1. The molecule has 0 unspecified atom stereocenters. The van der Waals surface area contributed by atoms with E-state index in [0.717, 1.165) is 49.1 Å². The molecule has 3 rings (SSSR count). The number of halogens is 1. The molecule has 0 radical (unpaired) electrons. The molecule has 152 valence electrons. The summed E-state index contributed by atoms with van der Waals surface area (Å²) in [4.78, 5) is 12.6. The standard InChI is InChI=1S/C22H28N2O3.ClH/c23-22(12-5-2-6-13-22)21(25)24-19-9-7-8-18(16-19)17-26-14-15-27-20-10-3-1-4-11-20;/h1,3-4,7-11,16H,2,5-6,12-15,17,23H2,(H,24,25);1H. The Kier molecular flexibility index (Phi) is 8.77. The van der Waals surface area contributed by atoms with Gasteiger partial charge in [0, 0.05) is 5.69 Å². The number of hydrogen-bond donors (Lipinski definition) is 2. The first-order valence-corrected chi connectivity index (χ1v) is 9.61. The highest BCUT2D eigenvalue weighted by Crippen LogP contribution is 2.27. The van der Waals surface area contributed by atoms with Gasteiger partial charge in [-0.15, -0.1) is 12.4 Å². The van der Waals surface area contributed by atoms with Gasteiger partial charge < -0.3 is 20.5 Å².